The average Bonchev–Trinajstić information content (AvgIpc) is 3.33. The van der Waals surface area contributed by atoms with Crippen molar-refractivity contribution in [2.45, 2.75) is 58.2 Å². The molecule has 1 N–H and O–H groups in total. The molecular formula is C20H26N4S. The van der Waals surface area contributed by atoms with Gasteiger partial charge in [0.2, 0.25) is 0 Å². The van der Waals surface area contributed by atoms with Crippen molar-refractivity contribution in [1.29, 1.82) is 0 Å². The number of aromatic nitrogens is 2. The molecule has 1 aliphatic carbocycles. The molecule has 3 heterocycles. The molecule has 132 valence electrons. The lowest BCUT2D eigenvalue weighted by molar-refractivity contribution is 0.316. The molecule has 2 aromatic heterocycles. The topological polar surface area (TPSA) is 33.1 Å². The number of nitrogens with zero attached hydrogens (tertiary/aromatic N) is 3. The van der Waals surface area contributed by atoms with Gasteiger partial charge in [0.1, 0.15) is 0 Å². The van der Waals surface area contributed by atoms with Crippen LogP contribution in [-0.4, -0.2) is 26.1 Å². The highest BCUT2D eigenvalue weighted by atomic mass is 32.1. The Morgan fingerprint density at radius 2 is 2.08 bits per heavy atom. The lowest BCUT2D eigenvalue weighted by atomic mass is 9.96. The fraction of sp³-hybridized carbons (Fsp3) is 0.500. The van der Waals surface area contributed by atoms with Crippen LogP contribution in [0.25, 0.3) is 0 Å². The molecule has 0 bridgehead atoms. The summed E-state index contributed by atoms with van der Waals surface area (Å²) in [6, 6.07) is 9.50. The first-order valence-corrected chi connectivity index (χ1v) is 9.69. The van der Waals surface area contributed by atoms with Crippen molar-refractivity contribution in [3.05, 3.63) is 53.1 Å². The Bertz CT molecular complexity index is 778. The van der Waals surface area contributed by atoms with Crippen LogP contribution < -0.4 is 5.32 Å². The molecule has 1 saturated heterocycles. The molecule has 0 unspecified atom stereocenters. The van der Waals surface area contributed by atoms with E-state index >= 15 is 0 Å². The van der Waals surface area contributed by atoms with Gasteiger partial charge >= 0.3 is 0 Å². The van der Waals surface area contributed by atoms with Gasteiger partial charge in [-0.2, -0.15) is 0 Å². The molecule has 0 aromatic carbocycles. The fourth-order valence-corrected chi connectivity index (χ4v) is 4.55. The van der Waals surface area contributed by atoms with Crippen molar-refractivity contribution in [2.24, 2.45) is 0 Å². The Balaban J connectivity index is 1.79. The summed E-state index contributed by atoms with van der Waals surface area (Å²) >= 11 is 5.69. The molecule has 2 aromatic rings. The van der Waals surface area contributed by atoms with Crippen molar-refractivity contribution >= 4 is 17.3 Å². The summed E-state index contributed by atoms with van der Waals surface area (Å²) in [7, 11) is 0. The van der Waals surface area contributed by atoms with Crippen LogP contribution in [0.2, 0.25) is 0 Å². The van der Waals surface area contributed by atoms with Crippen molar-refractivity contribution in [2.75, 3.05) is 6.54 Å². The lowest BCUT2D eigenvalue weighted by Gasteiger charge is -2.27. The molecule has 0 amide bonds. The van der Waals surface area contributed by atoms with Crippen LogP contribution in [-0.2, 0) is 0 Å². The van der Waals surface area contributed by atoms with Gasteiger partial charge in [0.15, 0.2) is 5.11 Å². The minimum Gasteiger partial charge on any atom is -0.352 e. The van der Waals surface area contributed by atoms with E-state index in [9.17, 15) is 0 Å². The third kappa shape index (κ3) is 2.84. The Morgan fingerprint density at radius 3 is 2.72 bits per heavy atom. The number of aryl methyl sites for hydroxylation is 1. The summed E-state index contributed by atoms with van der Waals surface area (Å²) in [6.45, 7) is 7.67. The third-order valence-electron chi connectivity index (χ3n) is 5.42. The number of pyridine rings is 1. The minimum absolute atomic E-state index is 0.105. The summed E-state index contributed by atoms with van der Waals surface area (Å²) in [5.74, 6) is 0. The van der Waals surface area contributed by atoms with Gasteiger partial charge in [-0.3, -0.25) is 4.98 Å². The normalized spacial score (nSPS) is 23.2. The summed E-state index contributed by atoms with van der Waals surface area (Å²) in [4.78, 5) is 6.97. The van der Waals surface area contributed by atoms with Crippen molar-refractivity contribution < 1.29 is 0 Å². The highest BCUT2D eigenvalue weighted by Gasteiger charge is 2.41. The van der Waals surface area contributed by atoms with E-state index in [0.717, 1.165) is 23.8 Å². The van der Waals surface area contributed by atoms with E-state index in [1.807, 2.05) is 12.3 Å². The van der Waals surface area contributed by atoms with E-state index in [1.165, 1.54) is 29.8 Å². The highest BCUT2D eigenvalue weighted by molar-refractivity contribution is 7.80. The maximum atomic E-state index is 5.69. The highest BCUT2D eigenvalue weighted by Crippen LogP contribution is 2.44. The molecule has 0 radical (unpaired) electrons. The molecule has 2 atom stereocenters. The SMILES string of the molecule is CCCN1C(=S)N[C@H](c2ccccn2)[C@@H]1c1cc(C)n(C2CC2)c1C. The molecule has 2 aliphatic rings. The van der Waals surface area contributed by atoms with Crippen LogP contribution in [0, 0.1) is 13.8 Å². The van der Waals surface area contributed by atoms with Gasteiger partial charge in [0.05, 0.1) is 17.8 Å². The monoisotopic (exact) mass is 354 g/mol. The Kier molecular flexibility index (Phi) is 4.28. The largest absolute Gasteiger partial charge is 0.352 e. The number of nitrogens with one attached hydrogen (secondary N) is 1. The molecule has 2 fully saturated rings. The molecule has 25 heavy (non-hydrogen) atoms. The Labute approximate surface area is 155 Å². The van der Waals surface area contributed by atoms with Crippen LogP contribution in [0.1, 0.15) is 67.0 Å². The van der Waals surface area contributed by atoms with Gasteiger partial charge in [-0.25, -0.2) is 0 Å². The first-order chi connectivity index (χ1) is 12.1. The quantitative estimate of drug-likeness (QED) is 0.815. The molecular weight excluding hydrogens is 328 g/mol. The zero-order chi connectivity index (χ0) is 17.6. The van der Waals surface area contributed by atoms with E-state index in [4.69, 9.17) is 12.2 Å². The maximum absolute atomic E-state index is 5.69. The summed E-state index contributed by atoms with van der Waals surface area (Å²) in [5.41, 5.74) is 5.20. The predicted molar refractivity (Wildman–Crippen MR) is 105 cm³/mol. The van der Waals surface area contributed by atoms with Crippen LogP contribution in [0.15, 0.2) is 30.5 Å². The zero-order valence-electron chi connectivity index (χ0n) is 15.2. The number of hydrogen-bond acceptors (Lipinski definition) is 2. The van der Waals surface area contributed by atoms with Crippen molar-refractivity contribution in [3.8, 4) is 0 Å². The van der Waals surface area contributed by atoms with E-state index in [0.29, 0.717) is 6.04 Å². The van der Waals surface area contributed by atoms with Crippen LogP contribution in [0.5, 0.6) is 0 Å². The standard InChI is InChI=1S/C20H26N4S/c1-4-11-23-19(16-12-13(2)24(14(16)3)15-8-9-15)18(22-20(23)25)17-7-5-6-10-21-17/h5-7,10,12,15,18-19H,4,8-9,11H2,1-3H3,(H,22,25)/t18-,19+/m1/s1. The Hall–Kier alpha value is -1.88. The molecule has 1 aliphatic heterocycles. The van der Waals surface area contributed by atoms with Crippen LogP contribution in [0.3, 0.4) is 0 Å². The van der Waals surface area contributed by atoms with Crippen LogP contribution in [0.4, 0.5) is 0 Å². The predicted octanol–water partition coefficient (Wildman–Crippen LogP) is 4.22. The van der Waals surface area contributed by atoms with Gasteiger partial charge in [0, 0.05) is 30.2 Å². The second kappa shape index (κ2) is 6.45. The van der Waals surface area contributed by atoms with E-state index in [2.05, 4.69) is 58.7 Å². The van der Waals surface area contributed by atoms with E-state index in [-0.39, 0.29) is 12.1 Å². The maximum Gasteiger partial charge on any atom is 0.170 e. The molecule has 5 heteroatoms. The second-order valence-electron chi connectivity index (χ2n) is 7.25. The van der Waals surface area contributed by atoms with Gasteiger partial charge in [-0.1, -0.05) is 13.0 Å². The summed E-state index contributed by atoms with van der Waals surface area (Å²) in [6.07, 6.45) is 5.56. The van der Waals surface area contributed by atoms with Crippen molar-refractivity contribution in [3.63, 3.8) is 0 Å². The fourth-order valence-electron chi connectivity index (χ4n) is 4.22. The van der Waals surface area contributed by atoms with E-state index < -0.39 is 0 Å². The molecule has 1 saturated carbocycles. The van der Waals surface area contributed by atoms with Crippen LogP contribution >= 0.6 is 12.2 Å². The van der Waals surface area contributed by atoms with Gasteiger partial charge in [0.25, 0.3) is 0 Å². The van der Waals surface area contributed by atoms with Crippen molar-refractivity contribution in [1.82, 2.24) is 19.8 Å². The van der Waals surface area contributed by atoms with Gasteiger partial charge < -0.3 is 14.8 Å². The first-order valence-electron chi connectivity index (χ1n) is 9.28. The number of thiocarbonyl (C=S) groups is 1. The summed E-state index contributed by atoms with van der Waals surface area (Å²) < 4.78 is 2.52. The molecule has 4 nitrogen and oxygen atoms in total. The molecule has 4 rings (SSSR count). The minimum atomic E-state index is 0.105. The number of rotatable bonds is 5. The van der Waals surface area contributed by atoms with Gasteiger partial charge in [-0.05, 0) is 69.1 Å². The first kappa shape index (κ1) is 16.6. The third-order valence-corrected chi connectivity index (χ3v) is 5.77. The lowest BCUT2D eigenvalue weighted by Crippen LogP contribution is -2.30. The smallest absolute Gasteiger partial charge is 0.170 e. The zero-order valence-corrected chi connectivity index (χ0v) is 16.0. The Morgan fingerprint density at radius 1 is 1.28 bits per heavy atom. The summed E-state index contributed by atoms with van der Waals surface area (Å²) in [5, 5.41) is 4.39. The number of hydrogen-bond donors (Lipinski definition) is 1. The molecule has 0 spiro atoms. The second-order valence-corrected chi connectivity index (χ2v) is 7.63. The van der Waals surface area contributed by atoms with Gasteiger partial charge in [-0.15, -0.1) is 0 Å². The van der Waals surface area contributed by atoms with E-state index in [1.54, 1.807) is 0 Å². The average molecular weight is 355 g/mol.